The molecule has 0 aliphatic heterocycles. The highest BCUT2D eigenvalue weighted by atomic mass is 79.9. The van der Waals surface area contributed by atoms with E-state index in [1.54, 1.807) is 12.1 Å². The highest BCUT2D eigenvalue weighted by Crippen LogP contribution is 2.22. The van der Waals surface area contributed by atoms with Gasteiger partial charge in [-0.2, -0.15) is 0 Å². The summed E-state index contributed by atoms with van der Waals surface area (Å²) < 4.78 is 25.1. The molecule has 0 spiro atoms. The molecule has 0 radical (unpaired) electrons. The fraction of sp³-hybridized carbons (Fsp3) is 0.143. The Morgan fingerprint density at radius 3 is 2.38 bits per heavy atom. The summed E-state index contributed by atoms with van der Waals surface area (Å²) in [5, 5.41) is 10.5. The molecule has 0 aliphatic rings. The lowest BCUT2D eigenvalue weighted by molar-refractivity contribution is -0.385. The molecular weight excluding hydrogens is 345 g/mol. The van der Waals surface area contributed by atoms with Crippen LogP contribution in [0.5, 0.6) is 11.5 Å². The van der Waals surface area contributed by atoms with Crippen LogP contribution in [0.15, 0.2) is 46.9 Å². The van der Waals surface area contributed by atoms with Gasteiger partial charge < -0.3 is 9.47 Å². The van der Waals surface area contributed by atoms with Crippen molar-refractivity contribution >= 4 is 21.6 Å². The van der Waals surface area contributed by atoms with E-state index < -0.39 is 10.7 Å². The molecule has 0 atom stereocenters. The molecular formula is C14H11BrFNO4. The summed E-state index contributed by atoms with van der Waals surface area (Å²) in [7, 11) is 0. The van der Waals surface area contributed by atoms with Crippen LogP contribution in [-0.4, -0.2) is 18.1 Å². The van der Waals surface area contributed by atoms with Gasteiger partial charge in [-0.3, -0.25) is 10.1 Å². The van der Waals surface area contributed by atoms with Gasteiger partial charge in [0, 0.05) is 10.5 Å². The molecule has 0 saturated carbocycles. The Labute approximate surface area is 128 Å². The third-order valence-electron chi connectivity index (χ3n) is 2.55. The second-order valence-corrected chi connectivity index (χ2v) is 4.94. The van der Waals surface area contributed by atoms with E-state index in [-0.39, 0.29) is 24.7 Å². The second kappa shape index (κ2) is 7.03. The number of hydrogen-bond donors (Lipinski definition) is 0. The largest absolute Gasteiger partial charge is 0.490 e. The number of nitrogens with zero attached hydrogens (tertiary/aromatic N) is 1. The Kier molecular flexibility index (Phi) is 5.10. The van der Waals surface area contributed by atoms with Crippen LogP contribution < -0.4 is 9.47 Å². The molecule has 2 aromatic rings. The topological polar surface area (TPSA) is 61.6 Å². The molecule has 2 aromatic carbocycles. The van der Waals surface area contributed by atoms with Crippen molar-refractivity contribution in [3.05, 3.63) is 62.9 Å². The summed E-state index contributed by atoms with van der Waals surface area (Å²) in [6, 6.07) is 10.5. The van der Waals surface area contributed by atoms with E-state index in [4.69, 9.17) is 9.47 Å². The molecule has 2 rings (SSSR count). The Morgan fingerprint density at radius 1 is 1.10 bits per heavy atom. The first kappa shape index (κ1) is 15.2. The van der Waals surface area contributed by atoms with Crippen molar-refractivity contribution < 1.29 is 18.8 Å². The molecule has 21 heavy (non-hydrogen) atoms. The van der Waals surface area contributed by atoms with Crippen LogP contribution in [-0.2, 0) is 0 Å². The van der Waals surface area contributed by atoms with Crippen molar-refractivity contribution in [2.24, 2.45) is 0 Å². The smallest absolute Gasteiger partial charge is 0.272 e. The maximum absolute atomic E-state index is 13.5. The second-order valence-electron chi connectivity index (χ2n) is 4.02. The maximum atomic E-state index is 13.5. The number of hydrogen-bond acceptors (Lipinski definition) is 4. The van der Waals surface area contributed by atoms with Gasteiger partial charge in [-0.05, 0) is 30.3 Å². The van der Waals surface area contributed by atoms with Gasteiger partial charge in [0.15, 0.2) is 11.6 Å². The normalized spacial score (nSPS) is 10.2. The average Bonchev–Trinajstić information content (AvgIpc) is 2.46. The third kappa shape index (κ3) is 4.42. The van der Waals surface area contributed by atoms with Gasteiger partial charge in [-0.25, -0.2) is 4.39 Å². The zero-order chi connectivity index (χ0) is 15.2. The van der Waals surface area contributed by atoms with E-state index >= 15 is 0 Å². The Bertz CT molecular complexity index is 633. The minimum Gasteiger partial charge on any atom is -0.490 e. The van der Waals surface area contributed by atoms with Crippen molar-refractivity contribution in [2.45, 2.75) is 0 Å². The first-order chi connectivity index (χ1) is 10.1. The number of ether oxygens (including phenoxy) is 2. The Balaban J connectivity index is 1.83. The monoisotopic (exact) mass is 355 g/mol. The van der Waals surface area contributed by atoms with Gasteiger partial charge >= 0.3 is 0 Å². The Morgan fingerprint density at radius 2 is 1.76 bits per heavy atom. The molecule has 7 heteroatoms. The first-order valence-electron chi connectivity index (χ1n) is 6.01. The van der Waals surface area contributed by atoms with Gasteiger partial charge in [0.1, 0.15) is 19.0 Å². The van der Waals surface area contributed by atoms with E-state index in [0.29, 0.717) is 5.75 Å². The maximum Gasteiger partial charge on any atom is 0.272 e. The van der Waals surface area contributed by atoms with E-state index in [1.807, 2.05) is 12.1 Å². The van der Waals surface area contributed by atoms with E-state index in [2.05, 4.69) is 15.9 Å². The molecule has 0 saturated heterocycles. The minimum atomic E-state index is -0.771. The molecule has 0 aliphatic carbocycles. The predicted octanol–water partition coefficient (Wildman–Crippen LogP) is 3.95. The average molecular weight is 356 g/mol. The number of nitro groups is 1. The molecule has 0 heterocycles. The zero-order valence-electron chi connectivity index (χ0n) is 10.8. The summed E-state index contributed by atoms with van der Waals surface area (Å²) in [4.78, 5) is 9.82. The minimum absolute atomic E-state index is 0.0417. The van der Waals surface area contributed by atoms with Crippen molar-refractivity contribution in [3.8, 4) is 11.5 Å². The van der Waals surface area contributed by atoms with Crippen LogP contribution in [0.4, 0.5) is 10.1 Å². The fourth-order valence-corrected chi connectivity index (χ4v) is 1.83. The number of halogens is 2. The highest BCUT2D eigenvalue weighted by Gasteiger charge is 2.11. The molecule has 0 aromatic heterocycles. The van der Waals surface area contributed by atoms with Gasteiger partial charge in [0.05, 0.1) is 11.0 Å². The van der Waals surface area contributed by atoms with Crippen LogP contribution in [0.25, 0.3) is 0 Å². The van der Waals surface area contributed by atoms with Crippen molar-refractivity contribution in [1.29, 1.82) is 0 Å². The third-order valence-corrected chi connectivity index (χ3v) is 3.08. The summed E-state index contributed by atoms with van der Waals surface area (Å²) in [5.41, 5.74) is -0.314. The molecule has 0 amide bonds. The fourth-order valence-electron chi connectivity index (χ4n) is 1.56. The standard InChI is InChI=1S/C14H11BrFNO4/c15-10-1-4-12(5-2-10)20-7-8-21-14-6-3-11(17(18)19)9-13(14)16/h1-6,9H,7-8H2. The number of non-ortho nitro benzene ring substituents is 1. The van der Waals surface area contributed by atoms with Crippen molar-refractivity contribution in [3.63, 3.8) is 0 Å². The van der Waals surface area contributed by atoms with Crippen LogP contribution >= 0.6 is 15.9 Å². The van der Waals surface area contributed by atoms with E-state index in [1.165, 1.54) is 12.1 Å². The van der Waals surface area contributed by atoms with Gasteiger partial charge in [-0.15, -0.1) is 0 Å². The lowest BCUT2D eigenvalue weighted by atomic mass is 10.3. The van der Waals surface area contributed by atoms with Crippen molar-refractivity contribution in [1.82, 2.24) is 0 Å². The first-order valence-corrected chi connectivity index (χ1v) is 6.80. The molecule has 0 unspecified atom stereocenters. The summed E-state index contributed by atoms with van der Waals surface area (Å²) >= 11 is 3.31. The molecule has 110 valence electrons. The number of rotatable bonds is 6. The SMILES string of the molecule is O=[N+]([O-])c1ccc(OCCOc2ccc(Br)cc2)c(F)c1. The van der Waals surface area contributed by atoms with Crippen LogP contribution in [0.3, 0.4) is 0 Å². The molecule has 0 N–H and O–H groups in total. The van der Waals surface area contributed by atoms with Crippen LogP contribution in [0, 0.1) is 15.9 Å². The van der Waals surface area contributed by atoms with Gasteiger partial charge in [-0.1, -0.05) is 15.9 Å². The highest BCUT2D eigenvalue weighted by molar-refractivity contribution is 9.10. The number of nitro benzene ring substituents is 1. The van der Waals surface area contributed by atoms with Crippen LogP contribution in [0.2, 0.25) is 0 Å². The lowest BCUT2D eigenvalue weighted by Crippen LogP contribution is -2.09. The van der Waals surface area contributed by atoms with E-state index in [9.17, 15) is 14.5 Å². The number of benzene rings is 2. The molecule has 0 bridgehead atoms. The summed E-state index contributed by atoms with van der Waals surface area (Å²) in [6.07, 6.45) is 0. The molecule has 0 fully saturated rings. The predicted molar refractivity (Wildman–Crippen MR) is 78.2 cm³/mol. The zero-order valence-corrected chi connectivity index (χ0v) is 12.4. The quantitative estimate of drug-likeness (QED) is 0.447. The Hall–Kier alpha value is -2.15. The van der Waals surface area contributed by atoms with Gasteiger partial charge in [0.25, 0.3) is 5.69 Å². The summed E-state index contributed by atoms with van der Waals surface area (Å²) in [6.45, 7) is 0.364. The summed E-state index contributed by atoms with van der Waals surface area (Å²) in [5.74, 6) is -0.140. The van der Waals surface area contributed by atoms with E-state index in [0.717, 1.165) is 10.5 Å². The molecule has 5 nitrogen and oxygen atoms in total. The van der Waals surface area contributed by atoms with Crippen molar-refractivity contribution in [2.75, 3.05) is 13.2 Å². The van der Waals surface area contributed by atoms with Crippen LogP contribution in [0.1, 0.15) is 0 Å². The lowest BCUT2D eigenvalue weighted by Gasteiger charge is -2.09. The van der Waals surface area contributed by atoms with Gasteiger partial charge in [0.2, 0.25) is 0 Å².